The van der Waals surface area contributed by atoms with Gasteiger partial charge in [0.1, 0.15) is 0 Å². The second-order valence-corrected chi connectivity index (χ2v) is 5.16. The van der Waals surface area contributed by atoms with E-state index >= 15 is 0 Å². The number of halogens is 1. The molecule has 1 fully saturated rings. The highest BCUT2D eigenvalue weighted by Crippen LogP contribution is 2.17. The number of nitrogens with one attached hydrogen (secondary N) is 1. The molecule has 0 saturated carbocycles. The van der Waals surface area contributed by atoms with Gasteiger partial charge in [0.15, 0.2) is 0 Å². The van der Waals surface area contributed by atoms with Crippen molar-refractivity contribution in [2.24, 2.45) is 0 Å². The Hall–Kier alpha value is -0.710. The number of rotatable bonds is 2. The lowest BCUT2D eigenvalue weighted by Gasteiger charge is -2.34. The van der Waals surface area contributed by atoms with Gasteiger partial charge in [-0.3, -0.25) is 4.79 Å². The molecule has 0 unspecified atom stereocenters. The van der Waals surface area contributed by atoms with E-state index in [1.807, 2.05) is 35.4 Å². The zero-order valence-corrected chi connectivity index (χ0v) is 12.3. The lowest BCUT2D eigenvalue weighted by Crippen LogP contribution is -2.52. The van der Waals surface area contributed by atoms with Crippen LogP contribution >= 0.6 is 24.2 Å². The van der Waals surface area contributed by atoms with Gasteiger partial charge in [-0.05, 0) is 37.4 Å². The number of carbonyl (C=O) groups is 1. The normalized spacial score (nSPS) is 19.2. The van der Waals surface area contributed by atoms with Gasteiger partial charge in [0.2, 0.25) is 0 Å². The van der Waals surface area contributed by atoms with Crippen molar-refractivity contribution in [1.29, 1.82) is 0 Å². The van der Waals surface area contributed by atoms with Crippen molar-refractivity contribution in [3.05, 3.63) is 29.8 Å². The molecule has 100 valence electrons. The van der Waals surface area contributed by atoms with Crippen LogP contribution in [0.1, 0.15) is 17.3 Å². The Balaban J connectivity index is 0.00000162. The molecule has 18 heavy (non-hydrogen) atoms. The molecule has 0 aromatic heterocycles. The maximum Gasteiger partial charge on any atom is 0.254 e. The highest BCUT2D eigenvalue weighted by molar-refractivity contribution is 7.98. The molecule has 0 radical (unpaired) electrons. The highest BCUT2D eigenvalue weighted by atomic mass is 35.5. The van der Waals surface area contributed by atoms with Crippen molar-refractivity contribution in [3.63, 3.8) is 0 Å². The summed E-state index contributed by atoms with van der Waals surface area (Å²) in [6.45, 7) is 4.65. The van der Waals surface area contributed by atoms with Crippen molar-refractivity contribution in [3.8, 4) is 0 Å². The van der Waals surface area contributed by atoms with Gasteiger partial charge in [0.05, 0.1) is 0 Å². The van der Waals surface area contributed by atoms with Crippen LogP contribution in [0.4, 0.5) is 0 Å². The minimum absolute atomic E-state index is 0. The number of benzene rings is 1. The number of thioether (sulfide) groups is 1. The van der Waals surface area contributed by atoms with Gasteiger partial charge >= 0.3 is 0 Å². The molecule has 2 rings (SSSR count). The molecule has 1 heterocycles. The summed E-state index contributed by atoms with van der Waals surface area (Å²) < 4.78 is 0. The van der Waals surface area contributed by atoms with Gasteiger partial charge in [-0.15, -0.1) is 24.2 Å². The number of hydrogen-bond donors (Lipinski definition) is 1. The first-order valence-electron chi connectivity index (χ1n) is 5.88. The summed E-state index contributed by atoms with van der Waals surface area (Å²) in [4.78, 5) is 15.4. The predicted octanol–water partition coefficient (Wildman–Crippen LogP) is 2.26. The van der Waals surface area contributed by atoms with Crippen molar-refractivity contribution in [1.82, 2.24) is 10.2 Å². The molecule has 0 aliphatic carbocycles. The molecule has 1 aromatic rings. The van der Waals surface area contributed by atoms with E-state index in [0.29, 0.717) is 0 Å². The first kappa shape index (κ1) is 15.3. The molecular weight excluding hydrogens is 268 g/mol. The third-order valence-electron chi connectivity index (χ3n) is 3.10. The fourth-order valence-corrected chi connectivity index (χ4v) is 2.45. The lowest BCUT2D eigenvalue weighted by atomic mass is 10.1. The van der Waals surface area contributed by atoms with Gasteiger partial charge in [0, 0.05) is 36.1 Å². The summed E-state index contributed by atoms with van der Waals surface area (Å²) in [6.07, 6.45) is 2.04. The van der Waals surface area contributed by atoms with Crippen LogP contribution in [0.2, 0.25) is 0 Å². The lowest BCUT2D eigenvalue weighted by molar-refractivity contribution is 0.0655. The molecule has 1 N–H and O–H groups in total. The molecule has 1 aliphatic heterocycles. The van der Waals surface area contributed by atoms with E-state index in [0.717, 1.165) is 25.2 Å². The second kappa shape index (κ2) is 7.02. The van der Waals surface area contributed by atoms with Crippen LogP contribution in [0.25, 0.3) is 0 Å². The number of nitrogens with zero attached hydrogens (tertiary/aromatic N) is 1. The molecule has 1 aromatic carbocycles. The fraction of sp³-hybridized carbons (Fsp3) is 0.462. The van der Waals surface area contributed by atoms with Crippen LogP contribution in [0, 0.1) is 0 Å². The molecule has 1 amide bonds. The van der Waals surface area contributed by atoms with E-state index in [-0.39, 0.29) is 24.4 Å². The summed E-state index contributed by atoms with van der Waals surface area (Å²) in [6, 6.07) is 8.12. The Morgan fingerprint density at radius 3 is 2.61 bits per heavy atom. The molecule has 3 nitrogen and oxygen atoms in total. The Morgan fingerprint density at radius 1 is 1.39 bits per heavy atom. The van der Waals surface area contributed by atoms with Crippen LogP contribution in [-0.2, 0) is 0 Å². The number of hydrogen-bond acceptors (Lipinski definition) is 3. The van der Waals surface area contributed by atoms with Gasteiger partial charge in [0.25, 0.3) is 5.91 Å². The van der Waals surface area contributed by atoms with E-state index in [2.05, 4.69) is 12.2 Å². The molecule has 0 bridgehead atoms. The molecule has 1 atom stereocenters. The van der Waals surface area contributed by atoms with Gasteiger partial charge in [-0.25, -0.2) is 0 Å². The average molecular weight is 287 g/mol. The van der Waals surface area contributed by atoms with E-state index < -0.39 is 0 Å². The quantitative estimate of drug-likeness (QED) is 0.847. The summed E-state index contributed by atoms with van der Waals surface area (Å²) in [7, 11) is 0. The number of piperazine rings is 1. The molecule has 5 heteroatoms. The van der Waals surface area contributed by atoms with Crippen LogP contribution in [0.5, 0.6) is 0 Å². The van der Waals surface area contributed by atoms with Gasteiger partial charge < -0.3 is 10.2 Å². The highest BCUT2D eigenvalue weighted by Gasteiger charge is 2.23. The van der Waals surface area contributed by atoms with E-state index in [1.165, 1.54) is 4.90 Å². The Kier molecular flexibility index (Phi) is 5.99. The largest absolute Gasteiger partial charge is 0.333 e. The standard InChI is InChI=1S/C13H18N2OS.ClH/c1-10-9-14-7-8-15(10)13(16)11-3-5-12(17-2)6-4-11;/h3-6,10,14H,7-9H2,1-2H3;1H/t10-;/m1./s1. The summed E-state index contributed by atoms with van der Waals surface area (Å²) in [5.74, 6) is 0.145. The molecule has 0 spiro atoms. The SMILES string of the molecule is CSc1ccc(C(=O)N2CCNC[C@H]2C)cc1.Cl. The molecule has 1 saturated heterocycles. The number of carbonyl (C=O) groups excluding carboxylic acids is 1. The molecular formula is C13H19ClN2OS. The van der Waals surface area contributed by atoms with Crippen molar-refractivity contribution < 1.29 is 4.79 Å². The average Bonchev–Trinajstić information content (AvgIpc) is 2.39. The van der Waals surface area contributed by atoms with Crippen LogP contribution < -0.4 is 5.32 Å². The Bertz CT molecular complexity index is 396. The van der Waals surface area contributed by atoms with Crippen molar-refractivity contribution in [2.45, 2.75) is 17.9 Å². The van der Waals surface area contributed by atoms with Crippen molar-refractivity contribution in [2.75, 3.05) is 25.9 Å². The Morgan fingerprint density at radius 2 is 2.06 bits per heavy atom. The fourth-order valence-electron chi connectivity index (χ4n) is 2.04. The van der Waals surface area contributed by atoms with Gasteiger partial charge in [-0.2, -0.15) is 0 Å². The van der Waals surface area contributed by atoms with E-state index in [9.17, 15) is 4.79 Å². The minimum Gasteiger partial charge on any atom is -0.333 e. The Labute approximate surface area is 119 Å². The van der Waals surface area contributed by atoms with Crippen LogP contribution in [-0.4, -0.2) is 42.7 Å². The monoisotopic (exact) mass is 286 g/mol. The van der Waals surface area contributed by atoms with Crippen LogP contribution in [0.15, 0.2) is 29.2 Å². The van der Waals surface area contributed by atoms with Crippen molar-refractivity contribution >= 4 is 30.1 Å². The number of amides is 1. The van der Waals surface area contributed by atoms with E-state index in [4.69, 9.17) is 0 Å². The zero-order valence-electron chi connectivity index (χ0n) is 10.7. The summed E-state index contributed by atoms with van der Waals surface area (Å²) in [5, 5.41) is 3.29. The topological polar surface area (TPSA) is 32.3 Å². The third-order valence-corrected chi connectivity index (χ3v) is 3.84. The van der Waals surface area contributed by atoms with Crippen LogP contribution in [0.3, 0.4) is 0 Å². The third kappa shape index (κ3) is 3.40. The van der Waals surface area contributed by atoms with Gasteiger partial charge in [-0.1, -0.05) is 0 Å². The maximum absolute atomic E-state index is 12.3. The maximum atomic E-state index is 12.3. The second-order valence-electron chi connectivity index (χ2n) is 4.28. The van der Waals surface area contributed by atoms with E-state index in [1.54, 1.807) is 11.8 Å². The predicted molar refractivity (Wildman–Crippen MR) is 78.8 cm³/mol. The zero-order chi connectivity index (χ0) is 12.3. The molecule has 1 aliphatic rings. The summed E-state index contributed by atoms with van der Waals surface area (Å²) in [5.41, 5.74) is 0.788. The first-order chi connectivity index (χ1) is 8.22. The minimum atomic E-state index is 0. The summed E-state index contributed by atoms with van der Waals surface area (Å²) >= 11 is 1.69. The first-order valence-corrected chi connectivity index (χ1v) is 7.10. The smallest absolute Gasteiger partial charge is 0.254 e.